The minimum atomic E-state index is -1.00. The lowest BCUT2D eigenvalue weighted by molar-refractivity contribution is -0.386. The smallest absolute Gasteiger partial charge is 0.310 e. The third-order valence-corrected chi connectivity index (χ3v) is 3.93. The molecule has 10 heteroatoms. The molecular weight excluding hydrogens is 378 g/mol. The molecule has 1 heterocycles. The summed E-state index contributed by atoms with van der Waals surface area (Å²) in [6.07, 6.45) is 0.343. The van der Waals surface area contributed by atoms with E-state index < -0.39 is 16.9 Å². The number of hydrogen-bond donors (Lipinski definition) is 1. The summed E-state index contributed by atoms with van der Waals surface area (Å²) in [4.78, 5) is 22.5. The van der Waals surface area contributed by atoms with Gasteiger partial charge in [-0.15, -0.1) is 0 Å². The highest BCUT2D eigenvalue weighted by molar-refractivity contribution is 6.33. The van der Waals surface area contributed by atoms with Crippen molar-refractivity contribution in [3.63, 3.8) is 0 Å². The second kappa shape index (κ2) is 7.92. The van der Waals surface area contributed by atoms with Crippen molar-refractivity contribution in [3.05, 3.63) is 57.1 Å². The zero-order valence-corrected chi connectivity index (χ0v) is 14.8. The van der Waals surface area contributed by atoms with Gasteiger partial charge < -0.3 is 14.2 Å². The summed E-state index contributed by atoms with van der Waals surface area (Å²) in [5.74, 6) is 0.474. The molecule has 0 radical (unpaired) electrons. The summed E-state index contributed by atoms with van der Waals surface area (Å²) in [6.45, 7) is 1.57. The highest BCUT2D eigenvalue weighted by Crippen LogP contribution is 2.36. The van der Waals surface area contributed by atoms with Gasteiger partial charge in [-0.05, 0) is 19.1 Å². The highest BCUT2D eigenvalue weighted by Gasteiger charge is 2.20. The van der Waals surface area contributed by atoms with E-state index in [4.69, 9.17) is 25.8 Å². The van der Waals surface area contributed by atoms with Crippen LogP contribution in [0.15, 0.2) is 41.5 Å². The molecule has 0 saturated carbocycles. The number of para-hydroxylation sites is 2. The zero-order valence-electron chi connectivity index (χ0n) is 14.0. The third-order valence-electron chi connectivity index (χ3n) is 3.61. The average molecular weight is 392 g/mol. The first kappa shape index (κ1) is 18.5. The summed E-state index contributed by atoms with van der Waals surface area (Å²) in [6, 6.07) is 9.01. The standard InChI is InChI=1S/C17H14ClN3O6/c1-10(27-14-5-3-2-4-13(14)21(23)24)17(22)20-19-8-11-6-15-16(7-12(11)18)26-9-25-15/h2-8,10H,9H2,1H3,(H,20,22)/b19-8-/t10-/m1/s1. The second-order valence-corrected chi connectivity index (χ2v) is 5.85. The summed E-state index contributed by atoms with van der Waals surface area (Å²) < 4.78 is 15.8. The molecule has 0 unspecified atom stereocenters. The first-order valence-electron chi connectivity index (χ1n) is 7.78. The molecule has 0 bridgehead atoms. The van der Waals surface area contributed by atoms with E-state index in [2.05, 4.69) is 10.5 Å². The van der Waals surface area contributed by atoms with E-state index in [-0.39, 0.29) is 18.2 Å². The van der Waals surface area contributed by atoms with E-state index in [1.54, 1.807) is 18.2 Å². The van der Waals surface area contributed by atoms with Gasteiger partial charge in [0, 0.05) is 17.7 Å². The van der Waals surface area contributed by atoms with Crippen molar-refractivity contribution in [2.24, 2.45) is 5.10 Å². The summed E-state index contributed by atoms with van der Waals surface area (Å²) in [5, 5.41) is 15.2. The Morgan fingerprint density at radius 2 is 2.07 bits per heavy atom. The number of hydrogen-bond acceptors (Lipinski definition) is 7. The molecule has 2 aromatic rings. The highest BCUT2D eigenvalue weighted by atomic mass is 35.5. The number of hydrazone groups is 1. The Morgan fingerprint density at radius 1 is 1.37 bits per heavy atom. The molecule has 27 heavy (non-hydrogen) atoms. The number of amides is 1. The fourth-order valence-corrected chi connectivity index (χ4v) is 2.44. The number of nitro benzene ring substituents is 1. The first-order valence-corrected chi connectivity index (χ1v) is 8.15. The van der Waals surface area contributed by atoms with Crippen molar-refractivity contribution in [2.75, 3.05) is 6.79 Å². The van der Waals surface area contributed by atoms with Gasteiger partial charge in [0.1, 0.15) is 0 Å². The zero-order chi connectivity index (χ0) is 19.4. The summed E-state index contributed by atoms with van der Waals surface area (Å²) in [5.41, 5.74) is 2.59. The maximum Gasteiger partial charge on any atom is 0.310 e. The van der Waals surface area contributed by atoms with Crippen molar-refractivity contribution in [3.8, 4) is 17.2 Å². The molecule has 0 aromatic heterocycles. The van der Waals surface area contributed by atoms with Gasteiger partial charge in [-0.2, -0.15) is 5.10 Å². The number of halogens is 1. The molecule has 0 saturated heterocycles. The molecule has 1 aliphatic rings. The molecule has 140 valence electrons. The van der Waals surface area contributed by atoms with E-state index in [1.165, 1.54) is 31.3 Å². The monoisotopic (exact) mass is 391 g/mol. The predicted octanol–water partition coefficient (Wildman–Crippen LogP) is 2.89. The molecule has 1 aliphatic heterocycles. The van der Waals surface area contributed by atoms with Gasteiger partial charge in [0.05, 0.1) is 16.2 Å². The number of nitrogens with zero attached hydrogens (tertiary/aromatic N) is 2. The lowest BCUT2D eigenvalue weighted by Gasteiger charge is -2.12. The van der Waals surface area contributed by atoms with Crippen LogP contribution in [-0.2, 0) is 4.79 Å². The van der Waals surface area contributed by atoms with Crippen LogP contribution in [0.4, 0.5) is 5.69 Å². The van der Waals surface area contributed by atoms with Crippen molar-refractivity contribution in [2.45, 2.75) is 13.0 Å². The molecule has 1 atom stereocenters. The topological polar surface area (TPSA) is 112 Å². The van der Waals surface area contributed by atoms with Crippen LogP contribution >= 0.6 is 11.6 Å². The Labute approximate surface area is 158 Å². The molecule has 0 fully saturated rings. The largest absolute Gasteiger partial charge is 0.474 e. The van der Waals surface area contributed by atoms with Gasteiger partial charge in [-0.25, -0.2) is 5.43 Å². The lowest BCUT2D eigenvalue weighted by atomic mass is 10.2. The Balaban J connectivity index is 1.62. The van der Waals surface area contributed by atoms with Crippen molar-refractivity contribution in [1.29, 1.82) is 0 Å². The van der Waals surface area contributed by atoms with Crippen LogP contribution in [0.1, 0.15) is 12.5 Å². The number of benzene rings is 2. The quantitative estimate of drug-likeness (QED) is 0.460. The van der Waals surface area contributed by atoms with Gasteiger partial charge in [0.2, 0.25) is 6.79 Å². The van der Waals surface area contributed by atoms with Crippen LogP contribution in [0.5, 0.6) is 17.2 Å². The molecule has 0 spiro atoms. The van der Waals surface area contributed by atoms with E-state index in [1.807, 2.05) is 0 Å². The predicted molar refractivity (Wildman–Crippen MR) is 96.5 cm³/mol. The molecule has 1 N–H and O–H groups in total. The molecule has 0 aliphatic carbocycles. The summed E-state index contributed by atoms with van der Waals surface area (Å²) in [7, 11) is 0. The number of fused-ring (bicyclic) bond motifs is 1. The Kier molecular flexibility index (Phi) is 5.41. The minimum Gasteiger partial charge on any atom is -0.474 e. The maximum atomic E-state index is 12.1. The normalized spacial score (nSPS) is 13.4. The van der Waals surface area contributed by atoms with Gasteiger partial charge in [0.25, 0.3) is 5.91 Å². The Bertz CT molecular complexity index is 918. The summed E-state index contributed by atoms with van der Waals surface area (Å²) >= 11 is 6.11. The van der Waals surface area contributed by atoms with Gasteiger partial charge in [-0.1, -0.05) is 23.7 Å². The van der Waals surface area contributed by atoms with Gasteiger partial charge >= 0.3 is 5.69 Å². The number of rotatable bonds is 6. The van der Waals surface area contributed by atoms with Gasteiger partial charge in [0.15, 0.2) is 23.4 Å². The second-order valence-electron chi connectivity index (χ2n) is 5.45. The van der Waals surface area contributed by atoms with Crippen molar-refractivity contribution in [1.82, 2.24) is 5.43 Å². The maximum absolute atomic E-state index is 12.1. The number of ether oxygens (including phenoxy) is 3. The lowest BCUT2D eigenvalue weighted by Crippen LogP contribution is -2.33. The van der Waals surface area contributed by atoms with E-state index >= 15 is 0 Å². The van der Waals surface area contributed by atoms with E-state index in [0.717, 1.165) is 0 Å². The van der Waals surface area contributed by atoms with Crippen LogP contribution in [0.25, 0.3) is 0 Å². The number of carbonyl (C=O) groups is 1. The average Bonchev–Trinajstić information content (AvgIpc) is 3.09. The van der Waals surface area contributed by atoms with Gasteiger partial charge in [-0.3, -0.25) is 14.9 Å². The number of nitrogens with one attached hydrogen (secondary N) is 1. The molecular formula is C17H14ClN3O6. The fourth-order valence-electron chi connectivity index (χ4n) is 2.24. The molecule has 1 amide bonds. The van der Waals surface area contributed by atoms with Crippen LogP contribution in [-0.4, -0.2) is 29.9 Å². The van der Waals surface area contributed by atoms with Crippen molar-refractivity contribution >= 4 is 29.4 Å². The number of carbonyl (C=O) groups excluding carboxylic acids is 1. The molecule has 9 nitrogen and oxygen atoms in total. The van der Waals surface area contributed by atoms with Crippen LogP contribution < -0.4 is 19.6 Å². The third kappa shape index (κ3) is 4.26. The SMILES string of the molecule is C[C@@H](Oc1ccccc1[N+](=O)[O-])C(=O)N/N=C\c1cc2c(cc1Cl)OCO2. The minimum absolute atomic E-state index is 0.00653. The molecule has 2 aromatic carbocycles. The van der Waals surface area contributed by atoms with E-state index in [9.17, 15) is 14.9 Å². The Hall–Kier alpha value is -3.33. The Morgan fingerprint density at radius 3 is 2.81 bits per heavy atom. The molecule has 3 rings (SSSR count). The first-order chi connectivity index (χ1) is 13.0. The van der Waals surface area contributed by atoms with Crippen LogP contribution in [0.2, 0.25) is 5.02 Å². The van der Waals surface area contributed by atoms with Crippen LogP contribution in [0, 0.1) is 10.1 Å². The number of nitro groups is 1. The fraction of sp³-hybridized carbons (Fsp3) is 0.176. The van der Waals surface area contributed by atoms with E-state index in [0.29, 0.717) is 22.1 Å². The van der Waals surface area contributed by atoms with Crippen LogP contribution in [0.3, 0.4) is 0 Å². The van der Waals surface area contributed by atoms with Crippen molar-refractivity contribution < 1.29 is 23.9 Å².